The summed E-state index contributed by atoms with van der Waals surface area (Å²) in [6, 6.07) is 0. The maximum atomic E-state index is 11.1. The second-order valence-corrected chi connectivity index (χ2v) is 3.14. The lowest BCUT2D eigenvalue weighted by molar-refractivity contribution is -0.123. The van der Waals surface area contributed by atoms with E-state index in [1.165, 1.54) is 0 Å². The molecule has 0 unspecified atom stereocenters. The van der Waals surface area contributed by atoms with Crippen molar-refractivity contribution in [3.8, 4) is 0 Å². The van der Waals surface area contributed by atoms with Gasteiger partial charge in [-0.05, 0) is 20.5 Å². The quantitative estimate of drug-likeness (QED) is 0.536. The summed E-state index contributed by atoms with van der Waals surface area (Å²) in [7, 11) is 3.92. The van der Waals surface area contributed by atoms with Gasteiger partial charge >= 0.3 is 0 Å². The van der Waals surface area contributed by atoms with Crippen LogP contribution in [0.3, 0.4) is 0 Å². The molecular weight excluding hydrogens is 154 g/mol. The Morgan fingerprint density at radius 3 is 2.58 bits per heavy atom. The third kappa shape index (κ3) is 7.69. The average molecular weight is 173 g/mol. The number of ketones is 1. The molecule has 0 N–H and O–H groups in total. The Hall–Kier alpha value is -0.410. The number of ether oxygens (including phenoxy) is 1. The van der Waals surface area contributed by atoms with E-state index >= 15 is 0 Å². The summed E-state index contributed by atoms with van der Waals surface area (Å²) < 4.78 is 5.11. The fourth-order valence-electron chi connectivity index (χ4n) is 0.751. The fraction of sp³-hybridized carbons (Fsp3) is 0.889. The number of hydrogen-bond donors (Lipinski definition) is 0. The zero-order valence-electron chi connectivity index (χ0n) is 8.30. The summed E-state index contributed by atoms with van der Waals surface area (Å²) in [6.07, 6.45) is 1.57. The molecule has 72 valence electrons. The molecule has 0 heterocycles. The molecule has 0 rings (SSSR count). The highest BCUT2D eigenvalue weighted by Crippen LogP contribution is 1.88. The van der Waals surface area contributed by atoms with E-state index in [-0.39, 0.29) is 12.4 Å². The van der Waals surface area contributed by atoms with Gasteiger partial charge < -0.3 is 9.64 Å². The van der Waals surface area contributed by atoms with Crippen molar-refractivity contribution in [3.05, 3.63) is 0 Å². The fourth-order valence-corrected chi connectivity index (χ4v) is 0.751. The van der Waals surface area contributed by atoms with Crippen molar-refractivity contribution in [3.63, 3.8) is 0 Å². The van der Waals surface area contributed by atoms with Gasteiger partial charge in [-0.3, -0.25) is 4.79 Å². The molecule has 0 amide bonds. The van der Waals surface area contributed by atoms with Crippen LogP contribution < -0.4 is 0 Å². The van der Waals surface area contributed by atoms with Gasteiger partial charge in [0.15, 0.2) is 5.78 Å². The predicted molar refractivity (Wildman–Crippen MR) is 49.3 cm³/mol. The van der Waals surface area contributed by atoms with E-state index in [9.17, 15) is 4.79 Å². The third-order valence-corrected chi connectivity index (χ3v) is 1.45. The molecule has 12 heavy (non-hydrogen) atoms. The molecular formula is C9H19NO2. The van der Waals surface area contributed by atoms with Gasteiger partial charge in [-0.1, -0.05) is 6.92 Å². The van der Waals surface area contributed by atoms with Crippen LogP contribution >= 0.6 is 0 Å². The highest BCUT2D eigenvalue weighted by Gasteiger charge is 2.01. The minimum absolute atomic E-state index is 0.192. The maximum Gasteiger partial charge on any atom is 0.159 e. The Bertz CT molecular complexity index is 124. The average Bonchev–Trinajstić information content (AvgIpc) is 2.01. The normalized spacial score (nSPS) is 10.7. The van der Waals surface area contributed by atoms with Crippen LogP contribution in [0.1, 0.15) is 19.8 Å². The molecule has 3 nitrogen and oxygen atoms in total. The Morgan fingerprint density at radius 1 is 1.42 bits per heavy atom. The molecule has 3 heteroatoms. The molecule has 0 aromatic heterocycles. The maximum absolute atomic E-state index is 11.1. The first-order valence-electron chi connectivity index (χ1n) is 4.41. The van der Waals surface area contributed by atoms with Gasteiger partial charge in [-0.15, -0.1) is 0 Å². The Morgan fingerprint density at radius 2 is 2.08 bits per heavy atom. The number of Topliss-reactive ketones (excluding diaryl/α,β-unsaturated/α-hetero) is 1. The van der Waals surface area contributed by atoms with Crippen LogP contribution in [0.25, 0.3) is 0 Å². The molecule has 0 bridgehead atoms. The smallest absolute Gasteiger partial charge is 0.159 e. The molecule has 0 fully saturated rings. The second-order valence-electron chi connectivity index (χ2n) is 3.14. The number of carbonyl (C=O) groups is 1. The van der Waals surface area contributed by atoms with Gasteiger partial charge in [0.2, 0.25) is 0 Å². The Labute approximate surface area is 74.7 Å². The van der Waals surface area contributed by atoms with Crippen LogP contribution in [-0.4, -0.2) is 44.5 Å². The SMILES string of the molecule is CCCOCC(=O)CCN(C)C. The van der Waals surface area contributed by atoms with Crippen molar-refractivity contribution in [1.29, 1.82) is 0 Å². The van der Waals surface area contributed by atoms with Crippen LogP contribution in [0.2, 0.25) is 0 Å². The van der Waals surface area contributed by atoms with E-state index < -0.39 is 0 Å². The van der Waals surface area contributed by atoms with E-state index in [4.69, 9.17) is 4.74 Å². The van der Waals surface area contributed by atoms with E-state index in [1.807, 2.05) is 25.9 Å². The first-order chi connectivity index (χ1) is 5.66. The molecule has 0 saturated carbocycles. The molecule has 0 spiro atoms. The molecule has 0 aromatic rings. The number of rotatable bonds is 7. The van der Waals surface area contributed by atoms with Crippen molar-refractivity contribution in [1.82, 2.24) is 4.90 Å². The molecule has 0 saturated heterocycles. The summed E-state index contributed by atoms with van der Waals surface area (Å²) in [5, 5.41) is 0. The lowest BCUT2D eigenvalue weighted by atomic mass is 10.3. The van der Waals surface area contributed by atoms with Gasteiger partial charge in [-0.25, -0.2) is 0 Å². The van der Waals surface area contributed by atoms with Gasteiger partial charge in [0.1, 0.15) is 6.61 Å². The largest absolute Gasteiger partial charge is 0.374 e. The first kappa shape index (κ1) is 11.6. The van der Waals surface area contributed by atoms with Crippen LogP contribution in [0.15, 0.2) is 0 Å². The number of nitrogens with zero attached hydrogens (tertiary/aromatic N) is 1. The molecule has 0 aliphatic rings. The zero-order chi connectivity index (χ0) is 9.40. The van der Waals surface area contributed by atoms with Gasteiger partial charge in [-0.2, -0.15) is 0 Å². The third-order valence-electron chi connectivity index (χ3n) is 1.45. The zero-order valence-corrected chi connectivity index (χ0v) is 8.30. The summed E-state index contributed by atoms with van der Waals surface area (Å²) in [4.78, 5) is 13.1. The van der Waals surface area contributed by atoms with Crippen LogP contribution in [-0.2, 0) is 9.53 Å². The Kier molecular flexibility index (Phi) is 7.00. The molecule has 0 aromatic carbocycles. The lowest BCUT2D eigenvalue weighted by Crippen LogP contribution is -2.19. The van der Waals surface area contributed by atoms with Crippen molar-refractivity contribution < 1.29 is 9.53 Å². The second kappa shape index (κ2) is 7.25. The van der Waals surface area contributed by atoms with Crippen LogP contribution in [0, 0.1) is 0 Å². The number of carbonyl (C=O) groups excluding carboxylic acids is 1. The minimum atomic E-state index is 0.192. The highest BCUT2D eigenvalue weighted by molar-refractivity contribution is 5.79. The molecule has 0 radical (unpaired) electrons. The van der Waals surface area contributed by atoms with E-state index in [0.29, 0.717) is 13.0 Å². The van der Waals surface area contributed by atoms with Crippen molar-refractivity contribution in [2.45, 2.75) is 19.8 Å². The first-order valence-corrected chi connectivity index (χ1v) is 4.41. The molecule has 0 atom stereocenters. The van der Waals surface area contributed by atoms with Gasteiger partial charge in [0, 0.05) is 19.6 Å². The van der Waals surface area contributed by atoms with E-state index in [2.05, 4.69) is 0 Å². The van der Waals surface area contributed by atoms with Gasteiger partial charge in [0.25, 0.3) is 0 Å². The van der Waals surface area contributed by atoms with Crippen molar-refractivity contribution >= 4 is 5.78 Å². The summed E-state index contributed by atoms with van der Waals surface area (Å²) in [5.41, 5.74) is 0. The van der Waals surface area contributed by atoms with Gasteiger partial charge in [0.05, 0.1) is 0 Å². The van der Waals surface area contributed by atoms with Crippen LogP contribution in [0.5, 0.6) is 0 Å². The summed E-state index contributed by atoms with van der Waals surface area (Å²) in [6.45, 7) is 3.81. The Balaban J connectivity index is 3.22. The standard InChI is InChI=1S/C9H19NO2/c1-4-7-12-8-9(11)5-6-10(2)3/h4-8H2,1-3H3. The highest BCUT2D eigenvalue weighted by atomic mass is 16.5. The lowest BCUT2D eigenvalue weighted by Gasteiger charge is -2.08. The monoisotopic (exact) mass is 173 g/mol. The van der Waals surface area contributed by atoms with E-state index in [0.717, 1.165) is 13.0 Å². The van der Waals surface area contributed by atoms with Crippen LogP contribution in [0.4, 0.5) is 0 Å². The van der Waals surface area contributed by atoms with Crippen molar-refractivity contribution in [2.75, 3.05) is 33.9 Å². The number of hydrogen-bond acceptors (Lipinski definition) is 3. The topological polar surface area (TPSA) is 29.5 Å². The molecule has 0 aliphatic carbocycles. The molecule has 0 aliphatic heterocycles. The minimum Gasteiger partial charge on any atom is -0.374 e. The predicted octanol–water partition coefficient (Wildman–Crippen LogP) is 0.934. The summed E-state index contributed by atoms with van der Waals surface area (Å²) >= 11 is 0. The van der Waals surface area contributed by atoms with E-state index in [1.54, 1.807) is 0 Å². The van der Waals surface area contributed by atoms with Crippen molar-refractivity contribution in [2.24, 2.45) is 0 Å². The summed E-state index contributed by atoms with van der Waals surface area (Å²) in [5.74, 6) is 0.192.